The molecule has 24 heavy (non-hydrogen) atoms. The van der Waals surface area contributed by atoms with Gasteiger partial charge in [-0.25, -0.2) is 14.4 Å². The van der Waals surface area contributed by atoms with Gasteiger partial charge in [-0.05, 0) is 18.2 Å². The van der Waals surface area contributed by atoms with Crippen LogP contribution in [0, 0.1) is 10.1 Å². The van der Waals surface area contributed by atoms with E-state index < -0.39 is 56.3 Å². The van der Waals surface area contributed by atoms with Crippen LogP contribution in [0.2, 0.25) is 0 Å². The second kappa shape index (κ2) is 6.16. The summed E-state index contributed by atoms with van der Waals surface area (Å²) >= 11 is 0. The van der Waals surface area contributed by atoms with Gasteiger partial charge in [0, 0.05) is 11.6 Å². The third kappa shape index (κ3) is 2.77. The molecule has 9 nitrogen and oxygen atoms in total. The number of hydrogen-bond acceptors (Lipinski definition) is 5. The molecule has 2 aromatic rings. The molecule has 0 spiro atoms. The highest BCUT2D eigenvalue weighted by atomic mass is 16.6. The molecule has 0 heterocycles. The van der Waals surface area contributed by atoms with Crippen LogP contribution in [0.25, 0.3) is 11.1 Å². The lowest BCUT2D eigenvalue weighted by Gasteiger charge is -2.13. The highest BCUT2D eigenvalue weighted by Crippen LogP contribution is 2.38. The first-order valence-corrected chi connectivity index (χ1v) is 6.36. The van der Waals surface area contributed by atoms with E-state index in [9.17, 15) is 39.8 Å². The number of carboxylic acid groups (broad SMARTS) is 3. The summed E-state index contributed by atoms with van der Waals surface area (Å²) in [6.07, 6.45) is 0. The summed E-state index contributed by atoms with van der Waals surface area (Å²) in [5.74, 6) is -4.63. The Morgan fingerprint density at radius 1 is 0.750 bits per heavy atom. The van der Waals surface area contributed by atoms with Crippen molar-refractivity contribution in [1.29, 1.82) is 0 Å². The first kappa shape index (κ1) is 16.6. The quantitative estimate of drug-likeness (QED) is 0.557. The Morgan fingerprint density at radius 2 is 1.12 bits per heavy atom. The van der Waals surface area contributed by atoms with Crippen molar-refractivity contribution in [1.82, 2.24) is 0 Å². The maximum absolute atomic E-state index is 11.4. The average molecular weight is 331 g/mol. The number of carboxylic acids is 3. The van der Waals surface area contributed by atoms with Crippen molar-refractivity contribution >= 4 is 23.6 Å². The van der Waals surface area contributed by atoms with E-state index in [1.165, 1.54) is 0 Å². The van der Waals surface area contributed by atoms with Crippen LogP contribution in [0.15, 0.2) is 36.4 Å². The van der Waals surface area contributed by atoms with Gasteiger partial charge in [0.2, 0.25) is 0 Å². The molecule has 0 bridgehead atoms. The molecule has 0 amide bonds. The molecule has 0 aliphatic carbocycles. The molecule has 0 atom stereocenters. The Hall–Kier alpha value is -3.75. The number of rotatable bonds is 5. The van der Waals surface area contributed by atoms with E-state index in [1.807, 2.05) is 0 Å². The number of hydrogen-bond donors (Lipinski definition) is 3. The van der Waals surface area contributed by atoms with Gasteiger partial charge in [-0.1, -0.05) is 12.1 Å². The Morgan fingerprint density at radius 3 is 1.50 bits per heavy atom. The average Bonchev–Trinajstić information content (AvgIpc) is 2.52. The van der Waals surface area contributed by atoms with E-state index >= 15 is 0 Å². The van der Waals surface area contributed by atoms with Crippen LogP contribution in [0.3, 0.4) is 0 Å². The third-order valence-corrected chi connectivity index (χ3v) is 3.24. The molecule has 0 radical (unpaired) electrons. The molecule has 0 aliphatic heterocycles. The fraction of sp³-hybridized carbons (Fsp3) is 0. The SMILES string of the molecule is O=C(O)c1cccc(C(=O)O)c1-c1c(C(=O)O)cccc1[N+](=O)[O-]. The molecule has 2 rings (SSSR count). The van der Waals surface area contributed by atoms with E-state index in [4.69, 9.17) is 0 Å². The zero-order chi connectivity index (χ0) is 18.0. The second-order valence-electron chi connectivity index (χ2n) is 4.60. The third-order valence-electron chi connectivity index (χ3n) is 3.24. The number of nitro groups is 1. The fourth-order valence-electron chi connectivity index (χ4n) is 2.31. The molecule has 0 aliphatic rings. The minimum atomic E-state index is -1.55. The van der Waals surface area contributed by atoms with E-state index in [0.29, 0.717) is 0 Å². The van der Waals surface area contributed by atoms with E-state index in [1.54, 1.807) is 0 Å². The van der Waals surface area contributed by atoms with E-state index in [-0.39, 0.29) is 0 Å². The molecule has 122 valence electrons. The fourth-order valence-corrected chi connectivity index (χ4v) is 2.31. The molecule has 9 heteroatoms. The largest absolute Gasteiger partial charge is 0.478 e. The first-order valence-electron chi connectivity index (χ1n) is 6.36. The molecule has 0 aromatic heterocycles. The molecule has 2 aromatic carbocycles. The number of aromatic carboxylic acids is 3. The van der Waals surface area contributed by atoms with Gasteiger partial charge in [-0.2, -0.15) is 0 Å². The van der Waals surface area contributed by atoms with Gasteiger partial charge < -0.3 is 15.3 Å². The summed E-state index contributed by atoms with van der Waals surface area (Å²) in [6, 6.07) is 6.39. The molecule has 0 saturated heterocycles. The number of nitro benzene ring substituents is 1. The van der Waals surface area contributed by atoms with Crippen LogP contribution in [0.1, 0.15) is 31.1 Å². The van der Waals surface area contributed by atoms with Gasteiger partial charge in [0.15, 0.2) is 0 Å². The monoisotopic (exact) mass is 331 g/mol. The minimum Gasteiger partial charge on any atom is -0.478 e. The predicted octanol–water partition coefficient (Wildman–Crippen LogP) is 2.36. The maximum Gasteiger partial charge on any atom is 0.336 e. The van der Waals surface area contributed by atoms with Crippen molar-refractivity contribution in [2.45, 2.75) is 0 Å². The van der Waals surface area contributed by atoms with E-state index in [2.05, 4.69) is 0 Å². The van der Waals surface area contributed by atoms with Crippen molar-refractivity contribution in [3.63, 3.8) is 0 Å². The highest BCUT2D eigenvalue weighted by Gasteiger charge is 2.30. The lowest BCUT2D eigenvalue weighted by atomic mass is 9.89. The Balaban J connectivity index is 3.06. The van der Waals surface area contributed by atoms with Crippen molar-refractivity contribution in [2.75, 3.05) is 0 Å². The lowest BCUT2D eigenvalue weighted by Crippen LogP contribution is -2.11. The molecular weight excluding hydrogens is 322 g/mol. The molecule has 0 unspecified atom stereocenters. The van der Waals surface area contributed by atoms with Gasteiger partial charge in [0.25, 0.3) is 5.69 Å². The van der Waals surface area contributed by atoms with Crippen LogP contribution in [0.5, 0.6) is 0 Å². The second-order valence-corrected chi connectivity index (χ2v) is 4.60. The topological polar surface area (TPSA) is 155 Å². The normalized spacial score (nSPS) is 10.2. The van der Waals surface area contributed by atoms with Crippen molar-refractivity contribution < 1.29 is 34.6 Å². The standard InChI is InChI=1S/C15H9NO8/c17-13(18)7-3-1-4-8(14(19)20)11(7)12-9(15(21)22)5-2-6-10(12)16(23)24/h1-6H,(H,17,18)(H,19,20)(H,21,22). The molecule has 0 saturated carbocycles. The summed E-state index contributed by atoms with van der Waals surface area (Å²) in [7, 11) is 0. The number of benzene rings is 2. The maximum atomic E-state index is 11.4. The molecule has 3 N–H and O–H groups in total. The first-order chi connectivity index (χ1) is 11.3. The van der Waals surface area contributed by atoms with E-state index in [0.717, 1.165) is 36.4 Å². The van der Waals surface area contributed by atoms with Crippen LogP contribution in [-0.4, -0.2) is 38.2 Å². The number of nitrogens with zero attached hydrogens (tertiary/aromatic N) is 1. The van der Waals surface area contributed by atoms with Gasteiger partial charge >= 0.3 is 17.9 Å². The van der Waals surface area contributed by atoms with Crippen molar-refractivity contribution in [2.24, 2.45) is 0 Å². The Kier molecular flexibility index (Phi) is 4.27. The van der Waals surface area contributed by atoms with Gasteiger partial charge in [0.1, 0.15) is 0 Å². The summed E-state index contributed by atoms with van der Waals surface area (Å²) in [5, 5.41) is 39.1. The molecular formula is C15H9NO8. The Labute approximate surface area is 133 Å². The summed E-state index contributed by atoms with van der Waals surface area (Å²) in [4.78, 5) is 44.6. The van der Waals surface area contributed by atoms with Crippen LogP contribution in [0.4, 0.5) is 5.69 Å². The van der Waals surface area contributed by atoms with Gasteiger partial charge in [0.05, 0.1) is 27.2 Å². The van der Waals surface area contributed by atoms with Crippen molar-refractivity contribution in [3.8, 4) is 11.1 Å². The zero-order valence-corrected chi connectivity index (χ0v) is 11.8. The van der Waals surface area contributed by atoms with Crippen LogP contribution in [-0.2, 0) is 0 Å². The predicted molar refractivity (Wildman–Crippen MR) is 79.4 cm³/mol. The van der Waals surface area contributed by atoms with Crippen LogP contribution < -0.4 is 0 Å². The lowest BCUT2D eigenvalue weighted by molar-refractivity contribution is -0.384. The smallest absolute Gasteiger partial charge is 0.336 e. The zero-order valence-electron chi connectivity index (χ0n) is 11.8. The Bertz CT molecular complexity index is 749. The van der Waals surface area contributed by atoms with Crippen molar-refractivity contribution in [3.05, 3.63) is 63.2 Å². The molecule has 0 fully saturated rings. The summed E-state index contributed by atoms with van der Waals surface area (Å²) in [5.41, 5.74) is -3.46. The number of carbonyl (C=O) groups is 3. The van der Waals surface area contributed by atoms with Crippen LogP contribution >= 0.6 is 0 Å². The van der Waals surface area contributed by atoms with Gasteiger partial charge in [-0.15, -0.1) is 0 Å². The minimum absolute atomic E-state index is 0.526. The van der Waals surface area contributed by atoms with Gasteiger partial charge in [-0.3, -0.25) is 10.1 Å². The summed E-state index contributed by atoms with van der Waals surface area (Å²) < 4.78 is 0. The highest BCUT2D eigenvalue weighted by molar-refractivity contribution is 6.10. The summed E-state index contributed by atoms with van der Waals surface area (Å²) in [6.45, 7) is 0.